The van der Waals surface area contributed by atoms with Gasteiger partial charge in [-0.1, -0.05) is 23.7 Å². The third-order valence-electron chi connectivity index (χ3n) is 3.19. The van der Waals surface area contributed by atoms with E-state index in [1.54, 1.807) is 30.3 Å². The molecule has 0 N–H and O–H groups in total. The molecule has 1 atom stereocenters. The Kier molecular flexibility index (Phi) is 5.00. The number of halogens is 1. The Morgan fingerprint density at radius 2 is 2.42 bits per heavy atom. The van der Waals surface area contributed by atoms with Crippen molar-refractivity contribution in [3.8, 4) is 0 Å². The van der Waals surface area contributed by atoms with Gasteiger partial charge >= 0.3 is 0 Å². The molecule has 1 unspecified atom stereocenters. The fourth-order valence-corrected chi connectivity index (χ4v) is 2.46. The summed E-state index contributed by atoms with van der Waals surface area (Å²) < 4.78 is 5.63. The molecule has 3 nitrogen and oxygen atoms in total. The van der Waals surface area contributed by atoms with Crippen LogP contribution in [0.4, 0.5) is 0 Å². The van der Waals surface area contributed by atoms with Crippen LogP contribution < -0.4 is 0 Å². The SMILES string of the molecule is C=CCOC1CCCN(C(=O)c2cccc(Cl)c2)C1. The van der Waals surface area contributed by atoms with E-state index in [-0.39, 0.29) is 12.0 Å². The summed E-state index contributed by atoms with van der Waals surface area (Å²) in [4.78, 5) is 14.2. The number of carbonyl (C=O) groups excluding carboxylic acids is 1. The maximum Gasteiger partial charge on any atom is 0.253 e. The van der Waals surface area contributed by atoms with E-state index >= 15 is 0 Å². The fraction of sp³-hybridized carbons (Fsp3) is 0.400. The van der Waals surface area contributed by atoms with Gasteiger partial charge in [0, 0.05) is 23.7 Å². The van der Waals surface area contributed by atoms with E-state index in [0.29, 0.717) is 23.7 Å². The summed E-state index contributed by atoms with van der Waals surface area (Å²) in [6, 6.07) is 7.07. The van der Waals surface area contributed by atoms with Gasteiger partial charge in [0.05, 0.1) is 12.7 Å². The second-order valence-corrected chi connectivity index (χ2v) is 5.08. The molecule has 0 aliphatic carbocycles. The van der Waals surface area contributed by atoms with Gasteiger partial charge in [-0.15, -0.1) is 6.58 Å². The highest BCUT2D eigenvalue weighted by Crippen LogP contribution is 2.18. The molecule has 0 bridgehead atoms. The molecule has 19 heavy (non-hydrogen) atoms. The quantitative estimate of drug-likeness (QED) is 0.793. The normalized spacial score (nSPS) is 19.2. The Balaban J connectivity index is 2.00. The third-order valence-corrected chi connectivity index (χ3v) is 3.42. The van der Waals surface area contributed by atoms with Crippen molar-refractivity contribution in [2.45, 2.75) is 18.9 Å². The molecule has 1 aliphatic rings. The van der Waals surface area contributed by atoms with Gasteiger partial charge in [-0.05, 0) is 31.0 Å². The zero-order valence-electron chi connectivity index (χ0n) is 10.8. The van der Waals surface area contributed by atoms with Crippen LogP contribution in [0, 0.1) is 0 Å². The van der Waals surface area contributed by atoms with Crippen LogP contribution in [-0.2, 0) is 4.74 Å². The van der Waals surface area contributed by atoms with Gasteiger partial charge in [-0.3, -0.25) is 4.79 Å². The van der Waals surface area contributed by atoms with Gasteiger partial charge in [0.2, 0.25) is 0 Å². The van der Waals surface area contributed by atoms with Gasteiger partial charge in [-0.25, -0.2) is 0 Å². The molecule has 1 heterocycles. The summed E-state index contributed by atoms with van der Waals surface area (Å²) in [5, 5.41) is 0.585. The number of likely N-dealkylation sites (tertiary alicyclic amines) is 1. The summed E-state index contributed by atoms with van der Waals surface area (Å²) >= 11 is 5.92. The molecule has 1 aliphatic heterocycles. The zero-order valence-corrected chi connectivity index (χ0v) is 11.6. The topological polar surface area (TPSA) is 29.5 Å². The highest BCUT2D eigenvalue weighted by molar-refractivity contribution is 6.30. The Bertz CT molecular complexity index is 461. The van der Waals surface area contributed by atoms with Crippen molar-refractivity contribution in [2.75, 3.05) is 19.7 Å². The lowest BCUT2D eigenvalue weighted by molar-refractivity contribution is 0.0134. The van der Waals surface area contributed by atoms with Gasteiger partial charge in [-0.2, -0.15) is 0 Å². The summed E-state index contributed by atoms with van der Waals surface area (Å²) in [6.07, 6.45) is 3.80. The number of benzene rings is 1. The molecule has 1 aromatic rings. The Labute approximate surface area is 118 Å². The first-order valence-electron chi connectivity index (χ1n) is 6.48. The molecule has 0 spiro atoms. The molecule has 1 amide bonds. The van der Waals surface area contributed by atoms with E-state index in [1.165, 1.54) is 0 Å². The molecule has 1 fully saturated rings. The van der Waals surface area contributed by atoms with E-state index in [0.717, 1.165) is 19.4 Å². The smallest absolute Gasteiger partial charge is 0.253 e. The van der Waals surface area contributed by atoms with Crippen LogP contribution in [-0.4, -0.2) is 36.6 Å². The van der Waals surface area contributed by atoms with Crippen molar-refractivity contribution in [1.29, 1.82) is 0 Å². The second kappa shape index (κ2) is 6.73. The predicted octanol–water partition coefficient (Wildman–Crippen LogP) is 3.15. The first kappa shape index (κ1) is 14.1. The monoisotopic (exact) mass is 279 g/mol. The number of piperidine rings is 1. The van der Waals surface area contributed by atoms with Crippen molar-refractivity contribution >= 4 is 17.5 Å². The number of amides is 1. The molecular formula is C15H18ClNO2. The summed E-state index contributed by atoms with van der Waals surface area (Å²) in [5.74, 6) is 0.0226. The average molecular weight is 280 g/mol. The Morgan fingerprint density at radius 1 is 1.58 bits per heavy atom. The summed E-state index contributed by atoms with van der Waals surface area (Å²) in [5.41, 5.74) is 0.636. The van der Waals surface area contributed by atoms with E-state index in [4.69, 9.17) is 16.3 Å². The van der Waals surface area contributed by atoms with Crippen LogP contribution in [0.3, 0.4) is 0 Å². The maximum atomic E-state index is 12.4. The number of nitrogens with zero attached hydrogens (tertiary/aromatic N) is 1. The Hall–Kier alpha value is -1.32. The molecule has 4 heteroatoms. The van der Waals surface area contributed by atoms with Crippen LogP contribution in [0.25, 0.3) is 0 Å². The molecule has 2 rings (SSSR count). The van der Waals surface area contributed by atoms with Gasteiger partial charge < -0.3 is 9.64 Å². The number of carbonyl (C=O) groups is 1. The highest BCUT2D eigenvalue weighted by atomic mass is 35.5. The van der Waals surface area contributed by atoms with Crippen molar-refractivity contribution in [1.82, 2.24) is 4.90 Å². The fourth-order valence-electron chi connectivity index (χ4n) is 2.27. The Morgan fingerprint density at radius 3 is 3.16 bits per heavy atom. The number of hydrogen-bond acceptors (Lipinski definition) is 2. The van der Waals surface area contributed by atoms with Crippen LogP contribution in [0.2, 0.25) is 5.02 Å². The molecule has 102 valence electrons. The minimum Gasteiger partial charge on any atom is -0.372 e. The molecule has 0 aromatic heterocycles. The van der Waals surface area contributed by atoms with Crippen LogP contribution in [0.15, 0.2) is 36.9 Å². The zero-order chi connectivity index (χ0) is 13.7. The van der Waals surface area contributed by atoms with Crippen molar-refractivity contribution in [3.63, 3.8) is 0 Å². The number of ether oxygens (including phenoxy) is 1. The summed E-state index contributed by atoms with van der Waals surface area (Å²) in [6.45, 7) is 5.58. The minimum absolute atomic E-state index is 0.0226. The van der Waals surface area contributed by atoms with Crippen LogP contribution >= 0.6 is 11.6 Å². The molecular weight excluding hydrogens is 262 g/mol. The number of hydrogen-bond donors (Lipinski definition) is 0. The lowest BCUT2D eigenvalue weighted by Crippen LogP contribution is -2.43. The second-order valence-electron chi connectivity index (χ2n) is 4.65. The largest absolute Gasteiger partial charge is 0.372 e. The first-order chi connectivity index (χ1) is 9.20. The molecule has 0 saturated carbocycles. The van der Waals surface area contributed by atoms with E-state index in [9.17, 15) is 4.79 Å². The minimum atomic E-state index is 0.0226. The summed E-state index contributed by atoms with van der Waals surface area (Å²) in [7, 11) is 0. The van der Waals surface area contributed by atoms with Gasteiger partial charge in [0.15, 0.2) is 0 Å². The van der Waals surface area contributed by atoms with Crippen molar-refractivity contribution in [2.24, 2.45) is 0 Å². The lowest BCUT2D eigenvalue weighted by Gasteiger charge is -2.32. The first-order valence-corrected chi connectivity index (χ1v) is 6.86. The van der Waals surface area contributed by atoms with Gasteiger partial charge in [0.1, 0.15) is 0 Å². The van der Waals surface area contributed by atoms with Crippen molar-refractivity contribution in [3.05, 3.63) is 47.5 Å². The number of rotatable bonds is 4. The molecule has 0 radical (unpaired) electrons. The van der Waals surface area contributed by atoms with Crippen molar-refractivity contribution < 1.29 is 9.53 Å². The molecule has 1 saturated heterocycles. The lowest BCUT2D eigenvalue weighted by atomic mass is 10.1. The van der Waals surface area contributed by atoms with E-state index < -0.39 is 0 Å². The third kappa shape index (κ3) is 3.82. The predicted molar refractivity (Wildman–Crippen MR) is 76.5 cm³/mol. The maximum absolute atomic E-state index is 12.4. The molecule has 1 aromatic carbocycles. The van der Waals surface area contributed by atoms with Crippen LogP contribution in [0.1, 0.15) is 23.2 Å². The van der Waals surface area contributed by atoms with E-state index in [2.05, 4.69) is 6.58 Å². The van der Waals surface area contributed by atoms with Crippen LogP contribution in [0.5, 0.6) is 0 Å². The van der Waals surface area contributed by atoms with Gasteiger partial charge in [0.25, 0.3) is 5.91 Å². The standard InChI is InChI=1S/C15H18ClNO2/c1-2-9-19-14-7-4-8-17(11-14)15(18)12-5-3-6-13(16)10-12/h2-3,5-6,10,14H,1,4,7-9,11H2. The van der Waals surface area contributed by atoms with E-state index in [1.807, 2.05) is 4.90 Å². The highest BCUT2D eigenvalue weighted by Gasteiger charge is 2.24. The average Bonchev–Trinajstić information content (AvgIpc) is 2.44.